The van der Waals surface area contributed by atoms with E-state index in [2.05, 4.69) is 36.5 Å². The minimum absolute atomic E-state index is 0.0286. The highest BCUT2D eigenvalue weighted by Gasteiger charge is 2.53. The van der Waals surface area contributed by atoms with Gasteiger partial charge in [0.1, 0.15) is 35.9 Å². The van der Waals surface area contributed by atoms with E-state index in [0.29, 0.717) is 36.7 Å². The third-order valence-corrected chi connectivity index (χ3v) is 15.3. The van der Waals surface area contributed by atoms with Crippen molar-refractivity contribution in [2.24, 2.45) is 12.5 Å². The number of carbonyl (C=O) groups is 3. The van der Waals surface area contributed by atoms with Crippen LogP contribution >= 0.6 is 11.3 Å². The minimum atomic E-state index is -1.97. The van der Waals surface area contributed by atoms with Crippen LogP contribution in [0, 0.1) is 12.3 Å². The van der Waals surface area contributed by atoms with Crippen LogP contribution in [-0.4, -0.2) is 149 Å². The Morgan fingerprint density at radius 1 is 0.919 bits per heavy atom. The molecule has 3 unspecified atom stereocenters. The van der Waals surface area contributed by atoms with Crippen LogP contribution in [0.4, 0.5) is 4.39 Å². The molecular formula is C55H71FN8O9S. The highest BCUT2D eigenvalue weighted by atomic mass is 32.1. The molecule has 2 aromatic carbocycles. The SMILES string of the molecule is COc1cc(-c2cn(C)c(=O)c3cnccc23)c(OC)cc1CN1CCN(CCCCCOCCOc2cc(-c3scnc3C)ccc2CNC(=O)C2CC(O)CN2C(=O)C(NC(=O)C2(F)CC2)C(C)(C)C)CC1. The highest BCUT2D eigenvalue weighted by Crippen LogP contribution is 2.41. The lowest BCUT2D eigenvalue weighted by Crippen LogP contribution is -2.59. The van der Waals surface area contributed by atoms with Crippen molar-refractivity contribution in [1.82, 2.24) is 39.9 Å². The number of benzene rings is 2. The van der Waals surface area contributed by atoms with Gasteiger partial charge in [0, 0.05) is 107 Å². The molecular weight excluding hydrogens is 968 g/mol. The van der Waals surface area contributed by atoms with E-state index in [1.165, 1.54) is 16.2 Å². The molecule has 3 aliphatic rings. The van der Waals surface area contributed by atoms with Crippen LogP contribution in [0.25, 0.3) is 32.3 Å². The van der Waals surface area contributed by atoms with Gasteiger partial charge < -0.3 is 49.1 Å². The normalized spacial score (nSPS) is 18.3. The van der Waals surface area contributed by atoms with Crippen molar-refractivity contribution in [3.63, 3.8) is 0 Å². The summed E-state index contributed by atoms with van der Waals surface area (Å²) in [5.41, 5.74) is 4.25. The van der Waals surface area contributed by atoms with Gasteiger partial charge in [0.05, 0.1) is 48.4 Å². The number of ether oxygens (including phenoxy) is 4. The average Bonchev–Trinajstić information content (AvgIpc) is 3.80. The third-order valence-electron chi connectivity index (χ3n) is 14.4. The second kappa shape index (κ2) is 23.7. The zero-order valence-electron chi connectivity index (χ0n) is 43.7. The first-order valence-electron chi connectivity index (χ1n) is 25.6. The molecule has 1 saturated carbocycles. The lowest BCUT2D eigenvalue weighted by atomic mass is 9.85. The van der Waals surface area contributed by atoms with Crippen LogP contribution in [0.5, 0.6) is 17.2 Å². The number of aromatic nitrogens is 3. The molecule has 3 fully saturated rings. The molecule has 3 amide bonds. The number of pyridine rings is 2. The molecule has 19 heteroatoms. The number of thiazole rings is 1. The number of unbranched alkanes of at least 4 members (excludes halogenated alkanes) is 2. The monoisotopic (exact) mass is 1040 g/mol. The fraction of sp³-hybridized carbons (Fsp3) is 0.527. The number of hydrogen-bond acceptors (Lipinski definition) is 14. The summed E-state index contributed by atoms with van der Waals surface area (Å²) in [5.74, 6) is 0.244. The van der Waals surface area contributed by atoms with Gasteiger partial charge in [0.2, 0.25) is 11.8 Å². The number of methoxy groups -OCH3 is 2. The number of rotatable bonds is 22. The van der Waals surface area contributed by atoms with E-state index in [-0.39, 0.29) is 37.9 Å². The Morgan fingerprint density at radius 3 is 2.38 bits per heavy atom. The van der Waals surface area contributed by atoms with Gasteiger partial charge in [0.25, 0.3) is 11.5 Å². The molecule has 3 aromatic heterocycles. The van der Waals surface area contributed by atoms with Crippen LogP contribution in [0.2, 0.25) is 0 Å². The molecule has 8 rings (SSSR count). The smallest absolute Gasteiger partial charge is 0.259 e. The van der Waals surface area contributed by atoms with Crippen molar-refractivity contribution >= 4 is 39.8 Å². The Morgan fingerprint density at radius 2 is 1.68 bits per heavy atom. The zero-order chi connectivity index (χ0) is 52.7. The number of carbonyl (C=O) groups excluding carboxylic acids is 3. The van der Waals surface area contributed by atoms with E-state index in [4.69, 9.17) is 18.9 Å². The summed E-state index contributed by atoms with van der Waals surface area (Å²) in [6.07, 6.45) is 7.48. The number of nitrogens with zero attached hydrogens (tertiary/aromatic N) is 6. The number of likely N-dealkylation sites (tertiary alicyclic amines) is 1. The Kier molecular flexibility index (Phi) is 17.4. The minimum Gasteiger partial charge on any atom is -0.496 e. The maximum Gasteiger partial charge on any atom is 0.259 e. The van der Waals surface area contributed by atoms with Crippen LogP contribution in [0.15, 0.2) is 65.3 Å². The van der Waals surface area contributed by atoms with E-state index in [1.54, 1.807) is 64.5 Å². The lowest BCUT2D eigenvalue weighted by Gasteiger charge is -2.35. The van der Waals surface area contributed by atoms with E-state index >= 15 is 0 Å². The fourth-order valence-electron chi connectivity index (χ4n) is 9.83. The number of aliphatic hydroxyl groups excluding tert-OH is 1. The molecule has 0 radical (unpaired) electrons. The number of aliphatic hydroxyl groups is 1. The number of nitrogens with one attached hydrogen (secondary N) is 2. The van der Waals surface area contributed by atoms with E-state index < -0.39 is 47.0 Å². The molecule has 1 aliphatic carbocycles. The zero-order valence-corrected chi connectivity index (χ0v) is 44.5. The van der Waals surface area contributed by atoms with Crippen LogP contribution in [-0.2, 0) is 39.3 Å². The topological polar surface area (TPSA) is 190 Å². The van der Waals surface area contributed by atoms with Crippen LogP contribution in [0.3, 0.4) is 0 Å². The molecule has 0 spiro atoms. The fourth-order valence-corrected chi connectivity index (χ4v) is 10.6. The van der Waals surface area contributed by atoms with Gasteiger partial charge in [-0.1, -0.05) is 32.9 Å². The maximum absolute atomic E-state index is 14.7. The number of aryl methyl sites for hydroxylation is 2. The predicted molar refractivity (Wildman–Crippen MR) is 282 cm³/mol. The number of β-amino-alcohol motifs (C(OH)–C–C–N with tert-alkyl or cyclic N) is 1. The third kappa shape index (κ3) is 12.7. The summed E-state index contributed by atoms with van der Waals surface area (Å²) in [6.45, 7) is 14.1. The van der Waals surface area contributed by atoms with E-state index in [9.17, 15) is 28.7 Å². The van der Waals surface area contributed by atoms with Crippen molar-refractivity contribution in [2.45, 2.75) is 103 Å². The molecule has 3 atom stereocenters. The Bertz CT molecular complexity index is 2860. The van der Waals surface area contributed by atoms with Gasteiger partial charge in [-0.25, -0.2) is 9.37 Å². The molecule has 0 bridgehead atoms. The van der Waals surface area contributed by atoms with Crippen molar-refractivity contribution in [3.8, 4) is 38.8 Å². The number of hydrogen-bond donors (Lipinski definition) is 3. The van der Waals surface area contributed by atoms with Gasteiger partial charge in [-0.15, -0.1) is 11.3 Å². The number of fused-ring (bicyclic) bond motifs is 1. The van der Waals surface area contributed by atoms with Gasteiger partial charge in [-0.05, 0) is 86.2 Å². The first-order chi connectivity index (χ1) is 35.5. The van der Waals surface area contributed by atoms with Crippen molar-refractivity contribution < 1.29 is 42.8 Å². The van der Waals surface area contributed by atoms with Crippen molar-refractivity contribution in [2.75, 3.05) is 73.3 Å². The lowest BCUT2D eigenvalue weighted by molar-refractivity contribution is -0.145. The Hall–Kier alpha value is -5.99. The van der Waals surface area contributed by atoms with Gasteiger partial charge >= 0.3 is 0 Å². The molecule has 5 heterocycles. The first-order valence-corrected chi connectivity index (χ1v) is 26.5. The summed E-state index contributed by atoms with van der Waals surface area (Å²) in [5, 5.41) is 17.6. The number of alkyl halides is 1. The second-order valence-electron chi connectivity index (χ2n) is 20.8. The van der Waals surface area contributed by atoms with Gasteiger partial charge in [-0.2, -0.15) is 0 Å². The molecule has 74 heavy (non-hydrogen) atoms. The Labute approximate surface area is 436 Å². The van der Waals surface area contributed by atoms with Crippen molar-refractivity contribution in [3.05, 3.63) is 87.7 Å². The number of piperazine rings is 1. The summed E-state index contributed by atoms with van der Waals surface area (Å²) in [7, 11) is 5.09. The van der Waals surface area contributed by atoms with Crippen molar-refractivity contribution in [1.29, 1.82) is 0 Å². The highest BCUT2D eigenvalue weighted by molar-refractivity contribution is 7.13. The number of halogens is 1. The summed E-state index contributed by atoms with van der Waals surface area (Å²) >= 11 is 1.53. The summed E-state index contributed by atoms with van der Waals surface area (Å²) < 4.78 is 40.4. The molecule has 2 saturated heterocycles. The maximum atomic E-state index is 14.7. The van der Waals surface area contributed by atoms with E-state index in [0.717, 1.165) is 108 Å². The standard InChI is InChI=1S/C55H71FN8O9S/c1-35-48(74-34-59-35)36-11-12-37(29-58-50(66)44-27-39(65)32-64(44)52(68)49(54(2,3)4)60-53(69)55(56)14-15-55)46(25-36)73-24-23-72-22-10-8-9-17-62-18-20-63(21-19-62)31-38-26-47(71-7)41(28-45(38)70-6)43-33-61(5)51(67)42-30-57-16-13-40(42)43/h11-13,16,25-26,28,30,33-34,39,44,49,65H,8-10,14-15,17-24,27,29,31-32H2,1-7H3,(H,58,66)(H,60,69). The summed E-state index contributed by atoms with van der Waals surface area (Å²) in [4.78, 5) is 69.2. The predicted octanol–water partition coefficient (Wildman–Crippen LogP) is 6.04. The van der Waals surface area contributed by atoms with E-state index in [1.807, 2.05) is 43.5 Å². The molecule has 17 nitrogen and oxygen atoms in total. The van der Waals surface area contributed by atoms with Gasteiger partial charge in [-0.3, -0.25) is 29.1 Å². The second-order valence-corrected chi connectivity index (χ2v) is 21.7. The average molecular weight is 1040 g/mol. The van der Waals surface area contributed by atoms with Gasteiger partial charge in [0.15, 0.2) is 5.67 Å². The Balaban J connectivity index is 0.777. The van der Waals surface area contributed by atoms with Crippen LogP contribution < -0.4 is 30.4 Å². The van der Waals surface area contributed by atoms with Crippen LogP contribution in [0.1, 0.15) is 76.1 Å². The molecule has 5 aromatic rings. The molecule has 3 N–H and O–H groups in total. The quantitative estimate of drug-likeness (QED) is 0.0681. The summed E-state index contributed by atoms with van der Waals surface area (Å²) in [6, 6.07) is 9.64. The molecule has 2 aliphatic heterocycles. The molecule has 398 valence electrons. The largest absolute Gasteiger partial charge is 0.496 e. The first kappa shape index (κ1) is 54.3. The number of amides is 3.